The molecule has 0 spiro atoms. The van der Waals surface area contributed by atoms with E-state index in [0.29, 0.717) is 12.1 Å². The van der Waals surface area contributed by atoms with Crippen molar-refractivity contribution in [3.05, 3.63) is 82.9 Å². The van der Waals surface area contributed by atoms with Crippen LogP contribution in [0.25, 0.3) is 0 Å². The maximum absolute atomic E-state index is 12.2. The first-order chi connectivity index (χ1) is 10.5. The predicted molar refractivity (Wildman–Crippen MR) is 85.9 cm³/mol. The Kier molecular flexibility index (Phi) is 3.59. The van der Waals surface area contributed by atoms with E-state index in [0.717, 1.165) is 11.1 Å². The molecule has 0 bridgehead atoms. The second-order valence-electron chi connectivity index (χ2n) is 5.84. The molecule has 22 heavy (non-hydrogen) atoms. The zero-order valence-corrected chi connectivity index (χ0v) is 12.8. The van der Waals surface area contributed by atoms with Crippen LogP contribution < -0.4 is 0 Å². The van der Waals surface area contributed by atoms with Gasteiger partial charge >= 0.3 is 0 Å². The van der Waals surface area contributed by atoms with E-state index in [1.165, 1.54) is 16.5 Å². The van der Waals surface area contributed by atoms with Crippen molar-refractivity contribution < 1.29 is 9.90 Å². The molecule has 1 aliphatic rings. The number of amides is 1. The number of hydrogen-bond donors (Lipinski definition) is 1. The highest BCUT2D eigenvalue weighted by Crippen LogP contribution is 2.33. The number of carbonyl (C=O) groups is 1. The summed E-state index contributed by atoms with van der Waals surface area (Å²) in [6.07, 6.45) is 3.00. The molecule has 2 aromatic carbocycles. The number of nitrogens with zero attached hydrogens (tertiary/aromatic N) is 1. The first kappa shape index (κ1) is 14.5. The Hall–Kier alpha value is -2.39. The molecule has 1 heterocycles. The van der Waals surface area contributed by atoms with E-state index in [2.05, 4.69) is 0 Å². The van der Waals surface area contributed by atoms with Gasteiger partial charge < -0.3 is 5.11 Å². The van der Waals surface area contributed by atoms with Crippen molar-refractivity contribution in [3.8, 4) is 0 Å². The first-order valence-electron chi connectivity index (χ1n) is 7.35. The van der Waals surface area contributed by atoms with Crippen molar-refractivity contribution >= 4 is 5.91 Å². The quantitative estimate of drug-likeness (QED) is 0.945. The van der Waals surface area contributed by atoms with Gasteiger partial charge in [0.25, 0.3) is 0 Å². The third-order valence-corrected chi connectivity index (χ3v) is 4.07. The Morgan fingerprint density at radius 2 is 1.50 bits per heavy atom. The van der Waals surface area contributed by atoms with E-state index in [1.54, 1.807) is 6.08 Å². The van der Waals surface area contributed by atoms with E-state index >= 15 is 0 Å². The van der Waals surface area contributed by atoms with Crippen molar-refractivity contribution in [3.63, 3.8) is 0 Å². The molecule has 1 atom stereocenters. The molecule has 0 aromatic heterocycles. The molecular weight excluding hydrogens is 274 g/mol. The lowest BCUT2D eigenvalue weighted by molar-refractivity contribution is -0.144. The number of carbonyl (C=O) groups excluding carboxylic acids is 1. The third kappa shape index (κ3) is 2.55. The molecule has 3 heteroatoms. The summed E-state index contributed by atoms with van der Waals surface area (Å²) in [6.45, 7) is 4.39. The molecule has 1 amide bonds. The van der Waals surface area contributed by atoms with Crippen LogP contribution in [0.3, 0.4) is 0 Å². The summed E-state index contributed by atoms with van der Waals surface area (Å²) in [7, 11) is 0. The zero-order valence-electron chi connectivity index (χ0n) is 12.8. The molecule has 1 unspecified atom stereocenters. The lowest BCUT2D eigenvalue weighted by Gasteiger charge is -2.33. The van der Waals surface area contributed by atoms with Crippen LogP contribution in [-0.2, 0) is 17.1 Å². The summed E-state index contributed by atoms with van der Waals surface area (Å²) >= 11 is 0. The summed E-state index contributed by atoms with van der Waals surface area (Å²) in [5, 5.41) is 11.0. The lowest BCUT2D eigenvalue weighted by atomic mass is 10.0. The van der Waals surface area contributed by atoms with Gasteiger partial charge in [0.1, 0.15) is 0 Å². The molecule has 0 radical (unpaired) electrons. The number of benzene rings is 2. The van der Waals surface area contributed by atoms with Gasteiger partial charge in [0.05, 0.1) is 0 Å². The average Bonchev–Trinajstić information content (AvgIpc) is 2.79. The summed E-state index contributed by atoms with van der Waals surface area (Å²) in [5.41, 5.74) is 2.60. The number of hydrogen-bond acceptors (Lipinski definition) is 2. The Labute approximate surface area is 130 Å². The molecule has 3 nitrogen and oxygen atoms in total. The number of aryl methyl sites for hydroxylation is 2. The molecule has 1 aliphatic heterocycles. The van der Waals surface area contributed by atoms with Crippen LogP contribution in [0.15, 0.2) is 60.7 Å². The maximum Gasteiger partial charge on any atom is 0.249 e. The van der Waals surface area contributed by atoms with E-state index in [4.69, 9.17) is 0 Å². The van der Waals surface area contributed by atoms with Gasteiger partial charge in [-0.1, -0.05) is 59.7 Å². The molecule has 0 saturated heterocycles. The SMILES string of the molecule is Cc1ccc(CN2C(=O)C=CC2(O)c2ccc(C)cc2)cc1. The first-order valence-corrected chi connectivity index (χ1v) is 7.35. The standard InChI is InChI=1S/C19H19NO2/c1-14-3-7-16(8-4-14)13-20-18(21)11-12-19(20,22)17-9-5-15(2)6-10-17/h3-12,22H,13H2,1-2H3. The average molecular weight is 293 g/mol. The zero-order chi connectivity index (χ0) is 15.7. The molecule has 0 saturated carbocycles. The van der Waals surface area contributed by atoms with Gasteiger partial charge in [0, 0.05) is 18.2 Å². The molecule has 112 valence electrons. The van der Waals surface area contributed by atoms with Crippen LogP contribution in [0.2, 0.25) is 0 Å². The van der Waals surface area contributed by atoms with Crippen LogP contribution in [-0.4, -0.2) is 15.9 Å². The molecular formula is C19H19NO2. The molecule has 1 N–H and O–H groups in total. The van der Waals surface area contributed by atoms with Gasteiger partial charge in [-0.2, -0.15) is 0 Å². The third-order valence-electron chi connectivity index (χ3n) is 4.07. The fraction of sp³-hybridized carbons (Fsp3) is 0.211. The van der Waals surface area contributed by atoms with Crippen LogP contribution >= 0.6 is 0 Å². The summed E-state index contributed by atoms with van der Waals surface area (Å²) < 4.78 is 0. The minimum atomic E-state index is -1.38. The van der Waals surface area contributed by atoms with Crippen molar-refractivity contribution in [2.24, 2.45) is 0 Å². The summed E-state index contributed by atoms with van der Waals surface area (Å²) in [5.74, 6) is -0.177. The maximum atomic E-state index is 12.2. The highest BCUT2D eigenvalue weighted by molar-refractivity contribution is 5.91. The Morgan fingerprint density at radius 3 is 2.09 bits per heavy atom. The van der Waals surface area contributed by atoms with Crippen molar-refractivity contribution in [1.29, 1.82) is 0 Å². The van der Waals surface area contributed by atoms with Gasteiger partial charge in [-0.15, -0.1) is 0 Å². The van der Waals surface area contributed by atoms with Crippen molar-refractivity contribution in [2.75, 3.05) is 0 Å². The van der Waals surface area contributed by atoms with Gasteiger partial charge in [0.15, 0.2) is 5.72 Å². The lowest BCUT2D eigenvalue weighted by Crippen LogP contribution is -2.43. The minimum Gasteiger partial charge on any atom is -0.363 e. The smallest absolute Gasteiger partial charge is 0.249 e. The largest absolute Gasteiger partial charge is 0.363 e. The minimum absolute atomic E-state index is 0.177. The summed E-state index contributed by atoms with van der Waals surface area (Å²) in [6, 6.07) is 15.6. The number of rotatable bonds is 3. The van der Waals surface area contributed by atoms with E-state index < -0.39 is 5.72 Å². The Balaban J connectivity index is 1.92. The van der Waals surface area contributed by atoms with E-state index in [9.17, 15) is 9.90 Å². The molecule has 2 aromatic rings. The monoisotopic (exact) mass is 293 g/mol. The van der Waals surface area contributed by atoms with Crippen LogP contribution in [0, 0.1) is 13.8 Å². The van der Waals surface area contributed by atoms with E-state index in [1.807, 2.05) is 62.4 Å². The van der Waals surface area contributed by atoms with Crippen molar-refractivity contribution in [1.82, 2.24) is 4.90 Å². The van der Waals surface area contributed by atoms with Crippen molar-refractivity contribution in [2.45, 2.75) is 26.1 Å². The van der Waals surface area contributed by atoms with Gasteiger partial charge in [-0.05, 0) is 25.5 Å². The van der Waals surface area contributed by atoms with E-state index in [-0.39, 0.29) is 5.91 Å². The Bertz CT molecular complexity index is 716. The van der Waals surface area contributed by atoms with Gasteiger partial charge in [0.2, 0.25) is 5.91 Å². The second-order valence-corrected chi connectivity index (χ2v) is 5.84. The van der Waals surface area contributed by atoms with Gasteiger partial charge in [-0.3, -0.25) is 9.69 Å². The molecule has 3 rings (SSSR count). The fourth-order valence-corrected chi connectivity index (χ4v) is 2.66. The van der Waals surface area contributed by atoms with Crippen LogP contribution in [0.4, 0.5) is 0 Å². The predicted octanol–water partition coefficient (Wildman–Crippen LogP) is 3.05. The van der Waals surface area contributed by atoms with Crippen LogP contribution in [0.5, 0.6) is 0 Å². The Morgan fingerprint density at radius 1 is 0.955 bits per heavy atom. The second kappa shape index (κ2) is 5.43. The normalized spacial score (nSPS) is 20.7. The van der Waals surface area contributed by atoms with Gasteiger partial charge in [-0.25, -0.2) is 0 Å². The molecule has 0 fully saturated rings. The molecule has 0 aliphatic carbocycles. The highest BCUT2D eigenvalue weighted by atomic mass is 16.3. The number of aliphatic hydroxyl groups is 1. The topological polar surface area (TPSA) is 40.5 Å². The highest BCUT2D eigenvalue weighted by Gasteiger charge is 2.40. The van der Waals surface area contributed by atoms with Crippen LogP contribution in [0.1, 0.15) is 22.3 Å². The summed E-state index contributed by atoms with van der Waals surface area (Å²) in [4.78, 5) is 13.7. The fourth-order valence-electron chi connectivity index (χ4n) is 2.66.